The molecule has 0 radical (unpaired) electrons. The highest BCUT2D eigenvalue weighted by Crippen LogP contribution is 2.16. The van der Waals surface area contributed by atoms with Crippen LogP contribution in [0.4, 0.5) is 5.69 Å². The van der Waals surface area contributed by atoms with Gasteiger partial charge < -0.3 is 11.1 Å². The third-order valence-electron chi connectivity index (χ3n) is 2.44. The minimum Gasteiger partial charge on any atom is -0.369 e. The van der Waals surface area contributed by atoms with Gasteiger partial charge in [0.1, 0.15) is 0 Å². The molecule has 1 rings (SSSR count). The molecule has 0 aliphatic heterocycles. The van der Waals surface area contributed by atoms with Crippen LogP contribution < -0.4 is 11.1 Å². The fourth-order valence-corrected chi connectivity index (χ4v) is 1.54. The van der Waals surface area contributed by atoms with Crippen LogP contribution in [-0.2, 0) is 16.0 Å². The van der Waals surface area contributed by atoms with Gasteiger partial charge in [0.05, 0.1) is 11.2 Å². The van der Waals surface area contributed by atoms with E-state index < -0.39 is 0 Å². The molecule has 0 spiro atoms. The van der Waals surface area contributed by atoms with Crippen molar-refractivity contribution in [3.8, 4) is 0 Å². The zero-order chi connectivity index (χ0) is 13.7. The van der Waals surface area contributed by atoms with Crippen LogP contribution in [0.1, 0.15) is 19.4 Å². The molecule has 1 atom stereocenters. The highest BCUT2D eigenvalue weighted by atomic mass is 79.9. The average molecular weight is 313 g/mol. The number of alkyl halides is 1. The summed E-state index contributed by atoms with van der Waals surface area (Å²) in [5, 5.41) is 2.80. The Labute approximate surface area is 115 Å². The molecule has 0 fully saturated rings. The molecule has 0 heterocycles. The van der Waals surface area contributed by atoms with Crippen molar-refractivity contribution in [2.75, 3.05) is 5.32 Å². The van der Waals surface area contributed by atoms with Gasteiger partial charge in [-0.05, 0) is 23.6 Å². The Balaban J connectivity index is 2.63. The lowest BCUT2D eigenvalue weighted by Gasteiger charge is -2.13. The van der Waals surface area contributed by atoms with Crippen LogP contribution >= 0.6 is 15.9 Å². The van der Waals surface area contributed by atoms with Crippen molar-refractivity contribution in [1.29, 1.82) is 0 Å². The van der Waals surface area contributed by atoms with Crippen LogP contribution in [0, 0.1) is 5.92 Å². The molecule has 3 N–H and O–H groups in total. The van der Waals surface area contributed by atoms with E-state index in [1.807, 2.05) is 13.8 Å². The summed E-state index contributed by atoms with van der Waals surface area (Å²) in [6.07, 6.45) is 0.210. The molecule has 0 aromatic heterocycles. The van der Waals surface area contributed by atoms with Crippen molar-refractivity contribution >= 4 is 33.4 Å². The number of carbonyl (C=O) groups is 2. The maximum Gasteiger partial charge on any atom is 0.238 e. The quantitative estimate of drug-likeness (QED) is 0.817. The van der Waals surface area contributed by atoms with Crippen molar-refractivity contribution in [2.45, 2.75) is 25.1 Å². The third-order valence-corrected chi connectivity index (χ3v) is 3.91. The lowest BCUT2D eigenvalue weighted by atomic mass is 10.1. The molecule has 18 heavy (non-hydrogen) atoms. The standard InChI is InChI=1S/C13H17BrN2O2/c1-8(2)12(14)13(18)16-10-5-3-9(4-6-10)7-11(15)17/h3-6,8,12H,7H2,1-2H3,(H2,15,17)(H,16,18). The molecule has 5 heteroatoms. The summed E-state index contributed by atoms with van der Waals surface area (Å²) in [5.41, 5.74) is 6.64. The predicted molar refractivity (Wildman–Crippen MR) is 75.5 cm³/mol. The monoisotopic (exact) mass is 312 g/mol. The molecular formula is C13H17BrN2O2. The second kappa shape index (κ2) is 6.54. The molecule has 1 aromatic carbocycles. The van der Waals surface area contributed by atoms with E-state index in [0.717, 1.165) is 5.56 Å². The number of anilines is 1. The van der Waals surface area contributed by atoms with Crippen molar-refractivity contribution < 1.29 is 9.59 Å². The number of hydrogen-bond donors (Lipinski definition) is 2. The van der Waals surface area contributed by atoms with Crippen molar-refractivity contribution in [3.05, 3.63) is 29.8 Å². The van der Waals surface area contributed by atoms with Gasteiger partial charge in [0.2, 0.25) is 11.8 Å². The van der Waals surface area contributed by atoms with Gasteiger partial charge >= 0.3 is 0 Å². The van der Waals surface area contributed by atoms with E-state index >= 15 is 0 Å². The van der Waals surface area contributed by atoms with Gasteiger partial charge in [0.25, 0.3) is 0 Å². The number of benzene rings is 1. The van der Waals surface area contributed by atoms with Crippen molar-refractivity contribution in [1.82, 2.24) is 0 Å². The molecule has 0 aliphatic rings. The van der Waals surface area contributed by atoms with Gasteiger partial charge in [-0.15, -0.1) is 0 Å². The number of primary amides is 1. The van der Waals surface area contributed by atoms with E-state index in [-0.39, 0.29) is 29.0 Å². The zero-order valence-electron chi connectivity index (χ0n) is 10.4. The second-order valence-corrected chi connectivity index (χ2v) is 5.46. The number of halogens is 1. The lowest BCUT2D eigenvalue weighted by Crippen LogP contribution is -2.26. The second-order valence-electron chi connectivity index (χ2n) is 4.48. The van der Waals surface area contributed by atoms with Crippen LogP contribution in [-0.4, -0.2) is 16.6 Å². The Morgan fingerprint density at radius 2 is 1.83 bits per heavy atom. The molecule has 0 bridgehead atoms. The Kier molecular flexibility index (Phi) is 5.34. The summed E-state index contributed by atoms with van der Waals surface area (Å²) >= 11 is 3.34. The van der Waals surface area contributed by atoms with E-state index in [0.29, 0.717) is 5.69 Å². The number of hydrogen-bond acceptors (Lipinski definition) is 2. The first-order valence-corrected chi connectivity index (χ1v) is 6.64. The van der Waals surface area contributed by atoms with Gasteiger partial charge in [0.15, 0.2) is 0 Å². The Hall–Kier alpha value is -1.36. The van der Waals surface area contributed by atoms with Crippen molar-refractivity contribution in [2.24, 2.45) is 11.7 Å². The predicted octanol–water partition coefficient (Wildman–Crippen LogP) is 2.07. The first kappa shape index (κ1) is 14.7. The maximum atomic E-state index is 11.8. The van der Waals surface area contributed by atoms with Gasteiger partial charge in [-0.1, -0.05) is 41.9 Å². The number of nitrogens with two attached hydrogens (primary N) is 1. The lowest BCUT2D eigenvalue weighted by molar-refractivity contribution is -0.117. The number of nitrogens with one attached hydrogen (secondary N) is 1. The zero-order valence-corrected chi connectivity index (χ0v) is 12.0. The first-order valence-electron chi connectivity index (χ1n) is 5.72. The van der Waals surface area contributed by atoms with Crippen molar-refractivity contribution in [3.63, 3.8) is 0 Å². The van der Waals surface area contributed by atoms with E-state index in [2.05, 4.69) is 21.2 Å². The van der Waals surface area contributed by atoms with Gasteiger partial charge in [-0.3, -0.25) is 9.59 Å². The Bertz CT molecular complexity index is 429. The number of rotatable bonds is 5. The van der Waals surface area contributed by atoms with Crippen LogP contribution in [0.15, 0.2) is 24.3 Å². The minimum atomic E-state index is -0.368. The Morgan fingerprint density at radius 1 is 1.28 bits per heavy atom. The van der Waals surface area contributed by atoms with E-state index in [1.165, 1.54) is 0 Å². The summed E-state index contributed by atoms with van der Waals surface area (Å²) in [6.45, 7) is 3.93. The van der Waals surface area contributed by atoms with Gasteiger partial charge in [-0.2, -0.15) is 0 Å². The summed E-state index contributed by atoms with van der Waals surface area (Å²) in [5.74, 6) is -0.223. The smallest absolute Gasteiger partial charge is 0.238 e. The highest BCUT2D eigenvalue weighted by Gasteiger charge is 2.18. The van der Waals surface area contributed by atoms with Crippen LogP contribution in [0.2, 0.25) is 0 Å². The fourth-order valence-electron chi connectivity index (χ4n) is 1.42. The average Bonchev–Trinajstić information content (AvgIpc) is 2.29. The highest BCUT2D eigenvalue weighted by molar-refractivity contribution is 9.10. The molecule has 1 unspecified atom stereocenters. The number of amides is 2. The van der Waals surface area contributed by atoms with Crippen LogP contribution in [0.3, 0.4) is 0 Å². The van der Waals surface area contributed by atoms with Crippen LogP contribution in [0.5, 0.6) is 0 Å². The Morgan fingerprint density at radius 3 is 2.28 bits per heavy atom. The van der Waals surface area contributed by atoms with E-state index in [4.69, 9.17) is 5.73 Å². The first-order chi connectivity index (χ1) is 8.40. The maximum absolute atomic E-state index is 11.8. The summed E-state index contributed by atoms with van der Waals surface area (Å²) in [6, 6.07) is 7.07. The number of carbonyl (C=O) groups excluding carboxylic acids is 2. The normalized spacial score (nSPS) is 12.2. The minimum absolute atomic E-state index is 0.0762. The summed E-state index contributed by atoms with van der Waals surface area (Å²) in [4.78, 5) is 22.3. The molecule has 1 aromatic rings. The molecule has 0 saturated heterocycles. The molecule has 0 aliphatic carbocycles. The summed E-state index contributed by atoms with van der Waals surface area (Å²) < 4.78 is 0. The largest absolute Gasteiger partial charge is 0.369 e. The molecule has 2 amide bonds. The molecule has 0 saturated carbocycles. The third kappa shape index (κ3) is 4.49. The SMILES string of the molecule is CC(C)C(Br)C(=O)Nc1ccc(CC(N)=O)cc1. The topological polar surface area (TPSA) is 72.2 Å². The van der Waals surface area contributed by atoms with Crippen LogP contribution in [0.25, 0.3) is 0 Å². The molecule has 98 valence electrons. The summed E-state index contributed by atoms with van der Waals surface area (Å²) in [7, 11) is 0. The van der Waals surface area contributed by atoms with Gasteiger partial charge in [-0.25, -0.2) is 0 Å². The molecular weight excluding hydrogens is 296 g/mol. The fraction of sp³-hybridized carbons (Fsp3) is 0.385. The van der Waals surface area contributed by atoms with E-state index in [9.17, 15) is 9.59 Å². The van der Waals surface area contributed by atoms with Gasteiger partial charge in [0, 0.05) is 5.69 Å². The van der Waals surface area contributed by atoms with E-state index in [1.54, 1.807) is 24.3 Å². The molecule has 4 nitrogen and oxygen atoms in total.